The molecule has 3 atom stereocenters. The van der Waals surface area contributed by atoms with Crippen molar-refractivity contribution >= 4 is 10.8 Å². The molecule has 34 heavy (non-hydrogen) atoms. The lowest BCUT2D eigenvalue weighted by Crippen LogP contribution is -2.59. The number of hydrogen-bond acceptors (Lipinski definition) is 1. The molecule has 2 bridgehead atoms. The Hall–Kier alpha value is -3.32. The number of rotatable bonds is 2. The predicted molar refractivity (Wildman–Crippen MR) is 140 cm³/mol. The Bertz CT molecular complexity index is 1390. The zero-order valence-corrected chi connectivity index (χ0v) is 19.5. The van der Waals surface area contributed by atoms with E-state index in [1.807, 2.05) is 0 Å². The average Bonchev–Trinajstić information content (AvgIpc) is 2.89. The molecule has 1 nitrogen and oxygen atoms in total. The second kappa shape index (κ2) is 7.60. The van der Waals surface area contributed by atoms with Crippen LogP contribution in [-0.4, -0.2) is 6.61 Å². The smallest absolute Gasteiger partial charge is 0.123 e. The summed E-state index contributed by atoms with van der Waals surface area (Å²) in [6.07, 6.45) is 11.0. The zero-order chi connectivity index (χ0) is 22.6. The number of benzene rings is 4. The van der Waals surface area contributed by atoms with Crippen LogP contribution in [0.5, 0.6) is 5.75 Å². The molecule has 1 fully saturated rings. The Morgan fingerprint density at radius 1 is 0.794 bits per heavy atom. The van der Waals surface area contributed by atoms with Crippen molar-refractivity contribution in [3.63, 3.8) is 0 Å². The highest BCUT2D eigenvalue weighted by atomic mass is 16.5. The number of hydrogen-bond donors (Lipinski definition) is 0. The van der Waals surface area contributed by atoms with Gasteiger partial charge in [0, 0.05) is 16.4 Å². The quantitative estimate of drug-likeness (QED) is 0.285. The Morgan fingerprint density at radius 3 is 2.47 bits per heavy atom. The Labute approximate surface area is 202 Å². The van der Waals surface area contributed by atoms with Crippen LogP contribution < -0.4 is 4.74 Å². The first kappa shape index (κ1) is 20.1. The molecule has 2 aliphatic carbocycles. The van der Waals surface area contributed by atoms with E-state index in [2.05, 4.69) is 103 Å². The summed E-state index contributed by atoms with van der Waals surface area (Å²) >= 11 is 0. The standard InChI is InChI=1S/C33H30O/c1-3-10-24(11-4-1)28-17-7-12-25-18-19-30-29(31(25)28)22-33(23-34-30)27-15-8-20-32(33,21-9-16-27)26-13-5-2-6-14-26/h1-8,10-15,17-19,27H,9,16,20-23H2. The van der Waals surface area contributed by atoms with Crippen molar-refractivity contribution in [3.8, 4) is 16.9 Å². The van der Waals surface area contributed by atoms with Gasteiger partial charge in [-0.15, -0.1) is 0 Å². The first-order valence-corrected chi connectivity index (χ1v) is 12.8. The Kier molecular flexibility index (Phi) is 4.49. The van der Waals surface area contributed by atoms with Crippen molar-refractivity contribution < 1.29 is 4.74 Å². The van der Waals surface area contributed by atoms with Crippen LogP contribution in [0.3, 0.4) is 0 Å². The fourth-order valence-corrected chi connectivity index (χ4v) is 7.55. The summed E-state index contributed by atoms with van der Waals surface area (Å²) in [5.41, 5.74) is 5.73. The summed E-state index contributed by atoms with van der Waals surface area (Å²) in [6, 6.07) is 33.4. The van der Waals surface area contributed by atoms with E-state index in [0.29, 0.717) is 5.92 Å². The van der Waals surface area contributed by atoms with Crippen molar-refractivity contribution in [3.05, 3.63) is 114 Å². The number of ether oxygens (including phenoxy) is 1. The van der Waals surface area contributed by atoms with Crippen LogP contribution in [0.15, 0.2) is 103 Å². The lowest BCUT2D eigenvalue weighted by Gasteiger charge is -2.60. The van der Waals surface area contributed by atoms with Crippen molar-refractivity contribution in [2.45, 2.75) is 37.5 Å². The normalized spacial score (nSPS) is 27.4. The van der Waals surface area contributed by atoms with Crippen LogP contribution >= 0.6 is 0 Å². The van der Waals surface area contributed by atoms with Gasteiger partial charge < -0.3 is 4.74 Å². The molecule has 3 aliphatic rings. The molecular weight excluding hydrogens is 412 g/mol. The van der Waals surface area contributed by atoms with Gasteiger partial charge in [0.15, 0.2) is 0 Å². The van der Waals surface area contributed by atoms with Gasteiger partial charge in [0.1, 0.15) is 5.75 Å². The van der Waals surface area contributed by atoms with Gasteiger partial charge in [-0.25, -0.2) is 0 Å². The third kappa shape index (κ3) is 2.73. The first-order chi connectivity index (χ1) is 16.8. The fourth-order valence-electron chi connectivity index (χ4n) is 7.55. The summed E-state index contributed by atoms with van der Waals surface area (Å²) in [7, 11) is 0. The monoisotopic (exact) mass is 442 g/mol. The van der Waals surface area contributed by atoms with E-state index in [-0.39, 0.29) is 10.8 Å². The molecule has 0 N–H and O–H groups in total. The van der Waals surface area contributed by atoms with E-state index < -0.39 is 0 Å². The maximum atomic E-state index is 6.76. The molecule has 1 heteroatoms. The minimum Gasteiger partial charge on any atom is -0.493 e. The first-order valence-electron chi connectivity index (χ1n) is 12.8. The summed E-state index contributed by atoms with van der Waals surface area (Å²) in [5, 5.41) is 2.69. The maximum absolute atomic E-state index is 6.76. The van der Waals surface area contributed by atoms with E-state index in [1.165, 1.54) is 52.3 Å². The topological polar surface area (TPSA) is 9.23 Å². The van der Waals surface area contributed by atoms with Crippen LogP contribution in [0, 0.1) is 11.3 Å². The van der Waals surface area contributed by atoms with E-state index in [0.717, 1.165) is 25.2 Å². The second-order valence-electron chi connectivity index (χ2n) is 10.5. The minimum absolute atomic E-state index is 0.0897. The number of allylic oxidation sites excluding steroid dienone is 2. The molecule has 0 saturated heterocycles. The summed E-state index contributed by atoms with van der Waals surface area (Å²) in [6.45, 7) is 0.808. The van der Waals surface area contributed by atoms with Crippen molar-refractivity contribution in [2.75, 3.05) is 6.61 Å². The van der Waals surface area contributed by atoms with Gasteiger partial charge in [0.2, 0.25) is 0 Å². The molecule has 1 saturated carbocycles. The molecule has 168 valence electrons. The van der Waals surface area contributed by atoms with Gasteiger partial charge in [0.05, 0.1) is 6.61 Å². The lowest BCUT2D eigenvalue weighted by atomic mass is 9.44. The van der Waals surface area contributed by atoms with Crippen LogP contribution in [0.1, 0.15) is 36.8 Å². The molecule has 3 unspecified atom stereocenters. The molecule has 7 rings (SSSR count). The van der Waals surface area contributed by atoms with Gasteiger partial charge in [-0.1, -0.05) is 104 Å². The molecule has 4 aromatic rings. The zero-order valence-electron chi connectivity index (χ0n) is 19.5. The highest BCUT2D eigenvalue weighted by molar-refractivity contribution is 6.00. The van der Waals surface area contributed by atoms with Crippen molar-refractivity contribution in [1.82, 2.24) is 0 Å². The number of fused-ring (bicyclic) bond motifs is 3. The van der Waals surface area contributed by atoms with Crippen LogP contribution in [-0.2, 0) is 11.8 Å². The van der Waals surface area contributed by atoms with Gasteiger partial charge in [-0.2, -0.15) is 0 Å². The van der Waals surface area contributed by atoms with Gasteiger partial charge in [-0.3, -0.25) is 0 Å². The molecule has 0 aromatic heterocycles. The fraction of sp³-hybridized carbons (Fsp3) is 0.273. The molecule has 0 radical (unpaired) electrons. The highest BCUT2D eigenvalue weighted by Gasteiger charge is 2.60. The molecule has 0 amide bonds. The van der Waals surface area contributed by atoms with Gasteiger partial charge in [-0.05, 0) is 65.1 Å². The summed E-state index contributed by atoms with van der Waals surface area (Å²) in [5.74, 6) is 1.64. The van der Waals surface area contributed by atoms with Crippen LogP contribution in [0.25, 0.3) is 21.9 Å². The molecular formula is C33H30O. The molecule has 4 aromatic carbocycles. The Balaban J connectivity index is 1.47. The maximum Gasteiger partial charge on any atom is 0.123 e. The van der Waals surface area contributed by atoms with E-state index in [1.54, 1.807) is 0 Å². The van der Waals surface area contributed by atoms with E-state index in [4.69, 9.17) is 4.74 Å². The second-order valence-corrected chi connectivity index (χ2v) is 10.5. The SMILES string of the molecule is C1=CC2CCCC(c3ccccc3)(C1)C21COc2ccc3cccc(-c4ccccc4)c3c2C1. The largest absolute Gasteiger partial charge is 0.493 e. The Morgan fingerprint density at radius 2 is 1.62 bits per heavy atom. The average molecular weight is 443 g/mol. The predicted octanol–water partition coefficient (Wildman–Crippen LogP) is 8.13. The van der Waals surface area contributed by atoms with Crippen LogP contribution in [0.4, 0.5) is 0 Å². The van der Waals surface area contributed by atoms with Crippen molar-refractivity contribution in [2.24, 2.45) is 11.3 Å². The summed E-state index contributed by atoms with van der Waals surface area (Å²) < 4.78 is 6.76. The molecule has 1 heterocycles. The van der Waals surface area contributed by atoms with Crippen molar-refractivity contribution in [1.29, 1.82) is 0 Å². The summed E-state index contributed by atoms with van der Waals surface area (Å²) in [4.78, 5) is 0. The highest BCUT2D eigenvalue weighted by Crippen LogP contribution is 2.63. The van der Waals surface area contributed by atoms with Crippen LogP contribution in [0.2, 0.25) is 0 Å². The minimum atomic E-state index is 0.0897. The van der Waals surface area contributed by atoms with Gasteiger partial charge >= 0.3 is 0 Å². The van der Waals surface area contributed by atoms with Gasteiger partial charge in [0.25, 0.3) is 0 Å². The van der Waals surface area contributed by atoms with E-state index in [9.17, 15) is 0 Å². The van der Waals surface area contributed by atoms with E-state index >= 15 is 0 Å². The lowest BCUT2D eigenvalue weighted by molar-refractivity contribution is -0.0450. The third-order valence-electron chi connectivity index (χ3n) is 9.12. The third-order valence-corrected chi connectivity index (χ3v) is 9.12. The molecule has 1 aliphatic heterocycles. The molecule has 1 spiro atoms.